The first kappa shape index (κ1) is 14.3. The van der Waals surface area contributed by atoms with E-state index in [1.165, 1.54) is 0 Å². The number of nitrogens with one attached hydrogen (secondary N) is 3. The molecule has 0 fully saturated rings. The van der Waals surface area contributed by atoms with Crippen molar-refractivity contribution in [3.05, 3.63) is 0 Å². The van der Waals surface area contributed by atoms with Crippen LogP contribution in [0.1, 0.15) is 0 Å². The van der Waals surface area contributed by atoms with Gasteiger partial charge in [0.25, 0.3) is 0 Å². The van der Waals surface area contributed by atoms with Crippen LogP contribution in [-0.2, 0) is 14.3 Å². The summed E-state index contributed by atoms with van der Waals surface area (Å²) in [6.07, 6.45) is 0. The molecule has 16 heavy (non-hydrogen) atoms. The van der Waals surface area contributed by atoms with Crippen molar-refractivity contribution in [2.24, 2.45) is 0 Å². The minimum absolute atomic E-state index is 0.0133. The SMILES string of the molecule is COCCNC(=O)CNCC(=O)NCC#N. The maximum atomic E-state index is 11.1. The first-order valence-electron chi connectivity index (χ1n) is 4.80. The smallest absolute Gasteiger partial charge is 0.234 e. The van der Waals surface area contributed by atoms with Gasteiger partial charge in [-0.2, -0.15) is 5.26 Å². The molecule has 0 aliphatic heterocycles. The molecule has 7 heteroatoms. The van der Waals surface area contributed by atoms with Gasteiger partial charge in [-0.15, -0.1) is 0 Å². The van der Waals surface area contributed by atoms with Crippen molar-refractivity contribution < 1.29 is 14.3 Å². The molecule has 0 heterocycles. The van der Waals surface area contributed by atoms with Crippen LogP contribution in [0.5, 0.6) is 0 Å². The molecule has 3 N–H and O–H groups in total. The normalized spacial score (nSPS) is 9.25. The Hall–Kier alpha value is -1.65. The summed E-state index contributed by atoms with van der Waals surface area (Å²) in [5, 5.41) is 15.8. The third-order valence-electron chi connectivity index (χ3n) is 1.56. The summed E-state index contributed by atoms with van der Waals surface area (Å²) < 4.78 is 4.75. The molecule has 0 bridgehead atoms. The van der Waals surface area contributed by atoms with Crippen LogP contribution in [0.2, 0.25) is 0 Å². The fourth-order valence-corrected chi connectivity index (χ4v) is 0.845. The Morgan fingerprint density at radius 1 is 1.25 bits per heavy atom. The standard InChI is InChI=1S/C9H16N4O3/c1-16-5-4-13-9(15)7-11-6-8(14)12-3-2-10/h11H,3-7H2,1H3,(H,12,14)(H,13,15). The van der Waals surface area contributed by atoms with E-state index < -0.39 is 0 Å². The number of hydrogen-bond acceptors (Lipinski definition) is 5. The Morgan fingerprint density at radius 3 is 2.44 bits per heavy atom. The zero-order chi connectivity index (χ0) is 12.2. The average Bonchev–Trinajstić information content (AvgIpc) is 2.26. The summed E-state index contributed by atoms with van der Waals surface area (Å²) in [6, 6.07) is 1.78. The summed E-state index contributed by atoms with van der Waals surface area (Å²) in [4.78, 5) is 22.1. The molecule has 0 spiro atoms. The second kappa shape index (κ2) is 9.89. The first-order valence-corrected chi connectivity index (χ1v) is 4.80. The van der Waals surface area contributed by atoms with E-state index in [9.17, 15) is 9.59 Å². The Bertz CT molecular complexity index is 262. The summed E-state index contributed by atoms with van der Waals surface area (Å²) >= 11 is 0. The van der Waals surface area contributed by atoms with Crippen LogP contribution in [0.25, 0.3) is 0 Å². The van der Waals surface area contributed by atoms with Gasteiger partial charge in [-0.05, 0) is 0 Å². The summed E-state index contributed by atoms with van der Waals surface area (Å²) in [7, 11) is 1.55. The van der Waals surface area contributed by atoms with Gasteiger partial charge in [-0.3, -0.25) is 14.9 Å². The zero-order valence-electron chi connectivity index (χ0n) is 9.21. The van der Waals surface area contributed by atoms with Crippen molar-refractivity contribution in [3.63, 3.8) is 0 Å². The van der Waals surface area contributed by atoms with Crippen LogP contribution in [0.15, 0.2) is 0 Å². The van der Waals surface area contributed by atoms with E-state index in [0.29, 0.717) is 13.2 Å². The fraction of sp³-hybridized carbons (Fsp3) is 0.667. The minimum Gasteiger partial charge on any atom is -0.383 e. The monoisotopic (exact) mass is 228 g/mol. The Labute approximate surface area is 94.1 Å². The Balaban J connectivity index is 3.40. The number of nitrogens with zero attached hydrogens (tertiary/aromatic N) is 1. The molecule has 0 saturated carbocycles. The first-order chi connectivity index (χ1) is 7.70. The predicted molar refractivity (Wildman–Crippen MR) is 56.4 cm³/mol. The Morgan fingerprint density at radius 2 is 1.88 bits per heavy atom. The highest BCUT2D eigenvalue weighted by Crippen LogP contribution is 1.68. The number of carbonyl (C=O) groups excluding carboxylic acids is 2. The molecule has 0 aliphatic carbocycles. The molecule has 0 saturated heterocycles. The summed E-state index contributed by atoms with van der Waals surface area (Å²) in [5.74, 6) is -0.517. The molecule has 0 rings (SSSR count). The van der Waals surface area contributed by atoms with Crippen molar-refractivity contribution in [3.8, 4) is 6.07 Å². The van der Waals surface area contributed by atoms with E-state index >= 15 is 0 Å². The van der Waals surface area contributed by atoms with E-state index in [1.807, 2.05) is 0 Å². The van der Waals surface area contributed by atoms with Crippen LogP contribution in [-0.4, -0.2) is 51.7 Å². The van der Waals surface area contributed by atoms with Gasteiger partial charge in [0.15, 0.2) is 0 Å². The van der Waals surface area contributed by atoms with Gasteiger partial charge in [0, 0.05) is 13.7 Å². The molecule has 7 nitrogen and oxygen atoms in total. The summed E-state index contributed by atoms with van der Waals surface area (Å²) in [5.41, 5.74) is 0. The van der Waals surface area contributed by atoms with Crippen molar-refractivity contribution in [2.45, 2.75) is 0 Å². The maximum Gasteiger partial charge on any atom is 0.234 e. The predicted octanol–water partition coefficient (Wildman–Crippen LogP) is -2.02. The molecule has 0 aromatic heterocycles. The second-order valence-corrected chi connectivity index (χ2v) is 2.88. The average molecular weight is 228 g/mol. The van der Waals surface area contributed by atoms with E-state index in [2.05, 4.69) is 16.0 Å². The van der Waals surface area contributed by atoms with E-state index in [-0.39, 0.29) is 31.4 Å². The lowest BCUT2D eigenvalue weighted by Gasteiger charge is -2.05. The van der Waals surface area contributed by atoms with Gasteiger partial charge in [-0.1, -0.05) is 0 Å². The van der Waals surface area contributed by atoms with Gasteiger partial charge in [0.2, 0.25) is 11.8 Å². The van der Waals surface area contributed by atoms with Crippen LogP contribution >= 0.6 is 0 Å². The number of ether oxygens (including phenoxy) is 1. The van der Waals surface area contributed by atoms with Gasteiger partial charge >= 0.3 is 0 Å². The largest absolute Gasteiger partial charge is 0.383 e. The van der Waals surface area contributed by atoms with E-state index in [1.54, 1.807) is 13.2 Å². The van der Waals surface area contributed by atoms with Crippen molar-refractivity contribution in [1.29, 1.82) is 5.26 Å². The molecular formula is C9H16N4O3. The zero-order valence-corrected chi connectivity index (χ0v) is 9.21. The van der Waals surface area contributed by atoms with Crippen LogP contribution in [0.3, 0.4) is 0 Å². The molecule has 2 amide bonds. The van der Waals surface area contributed by atoms with Crippen molar-refractivity contribution in [2.75, 3.05) is 39.9 Å². The van der Waals surface area contributed by atoms with Gasteiger partial charge in [0.1, 0.15) is 6.54 Å². The van der Waals surface area contributed by atoms with Crippen molar-refractivity contribution in [1.82, 2.24) is 16.0 Å². The minimum atomic E-state index is -0.314. The number of hydrogen-bond donors (Lipinski definition) is 3. The molecule has 0 unspecified atom stereocenters. The van der Waals surface area contributed by atoms with Crippen LogP contribution in [0.4, 0.5) is 0 Å². The molecule has 0 aliphatic rings. The molecular weight excluding hydrogens is 212 g/mol. The van der Waals surface area contributed by atoms with Crippen LogP contribution < -0.4 is 16.0 Å². The summed E-state index contributed by atoms with van der Waals surface area (Å²) in [6.45, 7) is 0.940. The van der Waals surface area contributed by atoms with E-state index in [0.717, 1.165) is 0 Å². The number of rotatable bonds is 8. The molecule has 90 valence electrons. The highest BCUT2D eigenvalue weighted by atomic mass is 16.5. The van der Waals surface area contributed by atoms with Crippen LogP contribution in [0, 0.1) is 11.3 Å². The third kappa shape index (κ3) is 8.93. The number of nitriles is 1. The lowest BCUT2D eigenvalue weighted by Crippen LogP contribution is -2.40. The molecule has 0 radical (unpaired) electrons. The highest BCUT2D eigenvalue weighted by Gasteiger charge is 2.02. The Kier molecular flexibility index (Phi) is 8.87. The quantitative estimate of drug-likeness (QED) is 0.328. The third-order valence-corrected chi connectivity index (χ3v) is 1.56. The number of amides is 2. The lowest BCUT2D eigenvalue weighted by atomic mass is 10.5. The van der Waals surface area contributed by atoms with Gasteiger partial charge in [-0.25, -0.2) is 0 Å². The maximum absolute atomic E-state index is 11.1. The molecule has 0 aromatic rings. The second-order valence-electron chi connectivity index (χ2n) is 2.88. The van der Waals surface area contributed by atoms with E-state index in [4.69, 9.17) is 10.00 Å². The fourth-order valence-electron chi connectivity index (χ4n) is 0.845. The molecule has 0 aromatic carbocycles. The van der Waals surface area contributed by atoms with Gasteiger partial charge < -0.3 is 15.4 Å². The topological polar surface area (TPSA) is 103 Å². The number of methoxy groups -OCH3 is 1. The lowest BCUT2D eigenvalue weighted by molar-refractivity contribution is -0.121. The number of carbonyl (C=O) groups is 2. The van der Waals surface area contributed by atoms with Crippen molar-refractivity contribution >= 4 is 11.8 Å². The highest BCUT2D eigenvalue weighted by molar-refractivity contribution is 5.81. The molecule has 0 atom stereocenters. The van der Waals surface area contributed by atoms with Gasteiger partial charge in [0.05, 0.1) is 25.8 Å².